The highest BCUT2D eigenvalue weighted by atomic mass is 35.5. The second-order valence-electron chi connectivity index (χ2n) is 6.39. The molecule has 0 bridgehead atoms. The molecule has 1 aromatic carbocycles. The molecule has 0 unspecified atom stereocenters. The van der Waals surface area contributed by atoms with Crippen molar-refractivity contribution >= 4 is 29.1 Å². The van der Waals surface area contributed by atoms with Gasteiger partial charge in [-0.3, -0.25) is 4.79 Å². The van der Waals surface area contributed by atoms with Gasteiger partial charge in [0.2, 0.25) is 0 Å². The van der Waals surface area contributed by atoms with Crippen molar-refractivity contribution in [3.8, 4) is 0 Å². The Hall–Kier alpha value is -2.24. The number of pyridine rings is 1. The lowest BCUT2D eigenvalue weighted by atomic mass is 10.1. The maximum absolute atomic E-state index is 12.7. The van der Waals surface area contributed by atoms with Gasteiger partial charge in [-0.1, -0.05) is 23.7 Å². The Labute approximate surface area is 168 Å². The fourth-order valence-electron chi connectivity index (χ4n) is 3.06. The lowest BCUT2D eigenvalue weighted by Gasteiger charge is -2.10. The number of nitrogens with zero attached hydrogens (tertiary/aromatic N) is 2. The third-order valence-electron chi connectivity index (χ3n) is 4.55. The summed E-state index contributed by atoms with van der Waals surface area (Å²) in [6.45, 7) is 4.80. The normalized spacial score (nSPS) is 10.9. The molecule has 0 aliphatic carbocycles. The average Bonchev–Trinajstić information content (AvgIpc) is 2.94. The fraction of sp³-hybridized carbons (Fsp3) is 0.238. The van der Waals surface area contributed by atoms with Gasteiger partial charge in [0.25, 0.3) is 5.03 Å². The maximum atomic E-state index is 12.7. The Balaban J connectivity index is 1.68. The van der Waals surface area contributed by atoms with E-state index in [1.54, 1.807) is 18.2 Å². The van der Waals surface area contributed by atoms with Gasteiger partial charge < -0.3 is 9.77 Å². The maximum Gasteiger partial charge on any atom is 0.251 e. The molecule has 0 fully saturated rings. The molecule has 27 heavy (non-hydrogen) atoms. The molecule has 0 spiro atoms. The van der Waals surface area contributed by atoms with Gasteiger partial charge >= 0.3 is 0 Å². The van der Waals surface area contributed by atoms with Crippen molar-refractivity contribution in [1.82, 2.24) is 4.57 Å². The molecule has 4 nitrogen and oxygen atoms in total. The van der Waals surface area contributed by atoms with Crippen LogP contribution < -0.4 is 4.73 Å². The number of carbonyl (C=O) groups is 1. The van der Waals surface area contributed by atoms with E-state index in [1.165, 1.54) is 23.5 Å². The number of thioether (sulfide) groups is 1. The summed E-state index contributed by atoms with van der Waals surface area (Å²) in [5.41, 5.74) is 3.97. The van der Waals surface area contributed by atoms with Crippen LogP contribution in [-0.4, -0.2) is 16.1 Å². The number of hydrogen-bond acceptors (Lipinski definition) is 3. The molecule has 2 heterocycles. The van der Waals surface area contributed by atoms with E-state index in [0.717, 1.165) is 39.7 Å². The summed E-state index contributed by atoms with van der Waals surface area (Å²) in [7, 11) is 0. The molecule has 3 rings (SSSR count). The van der Waals surface area contributed by atoms with Crippen molar-refractivity contribution in [3.05, 3.63) is 87.5 Å². The molecule has 140 valence electrons. The van der Waals surface area contributed by atoms with E-state index in [4.69, 9.17) is 11.6 Å². The topological polar surface area (TPSA) is 48.9 Å². The summed E-state index contributed by atoms with van der Waals surface area (Å²) in [4.78, 5) is 12.7. The van der Waals surface area contributed by atoms with Crippen LogP contribution in [0.1, 0.15) is 27.3 Å². The van der Waals surface area contributed by atoms with Gasteiger partial charge in [0, 0.05) is 40.7 Å². The molecule has 0 aliphatic heterocycles. The van der Waals surface area contributed by atoms with Crippen LogP contribution in [0.15, 0.2) is 59.8 Å². The average molecular weight is 401 g/mol. The van der Waals surface area contributed by atoms with Crippen molar-refractivity contribution in [2.24, 2.45) is 0 Å². The van der Waals surface area contributed by atoms with Crippen molar-refractivity contribution in [2.75, 3.05) is 5.75 Å². The zero-order valence-corrected chi connectivity index (χ0v) is 16.9. The van der Waals surface area contributed by atoms with Gasteiger partial charge in [-0.05, 0) is 61.9 Å². The quantitative estimate of drug-likeness (QED) is 0.252. The first-order chi connectivity index (χ1) is 13.0. The third kappa shape index (κ3) is 4.73. The number of aromatic nitrogens is 2. The first kappa shape index (κ1) is 19.5. The number of Topliss-reactive ketones (excluding diaryl/α,β-unsaturated/α-hetero) is 1. The minimum absolute atomic E-state index is 0.0368. The van der Waals surface area contributed by atoms with Crippen LogP contribution in [0.25, 0.3) is 0 Å². The Morgan fingerprint density at radius 1 is 1.19 bits per heavy atom. The van der Waals surface area contributed by atoms with Crippen molar-refractivity contribution in [3.63, 3.8) is 0 Å². The molecule has 0 radical (unpaired) electrons. The molecule has 0 atom stereocenters. The van der Waals surface area contributed by atoms with Crippen molar-refractivity contribution < 1.29 is 9.52 Å². The molecule has 0 saturated heterocycles. The van der Waals surface area contributed by atoms with Crippen LogP contribution in [0.5, 0.6) is 0 Å². The number of rotatable bonds is 7. The summed E-state index contributed by atoms with van der Waals surface area (Å²) in [6.07, 6.45) is 2.31. The van der Waals surface area contributed by atoms with Crippen molar-refractivity contribution in [2.45, 2.75) is 31.8 Å². The Morgan fingerprint density at radius 2 is 1.93 bits per heavy atom. The summed E-state index contributed by atoms with van der Waals surface area (Å²) in [5.74, 6) is 0.281. The lowest BCUT2D eigenvalue weighted by Crippen LogP contribution is -2.28. The Morgan fingerprint density at radius 3 is 2.63 bits per heavy atom. The Bertz CT molecular complexity index is 951. The molecular formula is C21H21ClN2O2S. The highest BCUT2D eigenvalue weighted by molar-refractivity contribution is 7.99. The monoisotopic (exact) mass is 400 g/mol. The van der Waals surface area contributed by atoms with Gasteiger partial charge in [0.15, 0.2) is 12.0 Å². The van der Waals surface area contributed by atoms with Gasteiger partial charge in [-0.25, -0.2) is 0 Å². The zero-order valence-electron chi connectivity index (χ0n) is 15.3. The zero-order chi connectivity index (χ0) is 19.4. The van der Waals surface area contributed by atoms with E-state index in [2.05, 4.69) is 4.57 Å². The number of halogens is 1. The van der Waals surface area contributed by atoms with E-state index in [-0.39, 0.29) is 11.5 Å². The number of ketones is 1. The van der Waals surface area contributed by atoms with Gasteiger partial charge in [-0.2, -0.15) is 4.73 Å². The van der Waals surface area contributed by atoms with Crippen LogP contribution in [0, 0.1) is 19.1 Å². The van der Waals surface area contributed by atoms with E-state index in [9.17, 15) is 10.0 Å². The number of benzene rings is 1. The van der Waals surface area contributed by atoms with Crippen molar-refractivity contribution in [1.29, 1.82) is 0 Å². The minimum Gasteiger partial charge on any atom is -0.618 e. The summed E-state index contributed by atoms with van der Waals surface area (Å²) >= 11 is 7.20. The number of hydrogen-bond donors (Lipinski definition) is 0. The molecule has 2 aromatic heterocycles. The van der Waals surface area contributed by atoms with Gasteiger partial charge in [0.1, 0.15) is 0 Å². The smallest absolute Gasteiger partial charge is 0.251 e. The fourth-order valence-corrected chi connectivity index (χ4v) is 3.98. The highest BCUT2D eigenvalue weighted by Crippen LogP contribution is 2.21. The molecular weight excluding hydrogens is 380 g/mol. The van der Waals surface area contributed by atoms with Gasteiger partial charge in [-0.15, -0.1) is 0 Å². The van der Waals surface area contributed by atoms with Gasteiger partial charge in [0.05, 0.1) is 5.75 Å². The summed E-state index contributed by atoms with van der Waals surface area (Å²) in [6, 6.07) is 15.0. The van der Waals surface area contributed by atoms with Crippen LogP contribution in [0.3, 0.4) is 0 Å². The second kappa shape index (κ2) is 8.63. The van der Waals surface area contributed by atoms with Crippen LogP contribution >= 0.6 is 23.4 Å². The van der Waals surface area contributed by atoms with E-state index < -0.39 is 0 Å². The third-order valence-corrected chi connectivity index (χ3v) is 5.82. The number of carbonyl (C=O) groups excluding carboxylic acids is 1. The standard InChI is InChI=1S/C21H21ClN2O2S/c1-15-13-19(20(25)14-27-21-5-3-4-11-24(21)26)16(2)23(15)12-10-17-6-8-18(22)9-7-17/h3-9,11,13H,10,12,14H2,1-2H3. The van der Waals surface area contributed by atoms with Crippen LogP contribution in [-0.2, 0) is 13.0 Å². The molecule has 0 N–H and O–H groups in total. The molecule has 0 aliphatic rings. The first-order valence-electron chi connectivity index (χ1n) is 8.71. The summed E-state index contributed by atoms with van der Waals surface area (Å²) < 4.78 is 2.95. The highest BCUT2D eigenvalue weighted by Gasteiger charge is 2.17. The lowest BCUT2D eigenvalue weighted by molar-refractivity contribution is -0.645. The molecule has 0 saturated carbocycles. The van der Waals surface area contributed by atoms with Crippen LogP contribution in [0.4, 0.5) is 0 Å². The van der Waals surface area contributed by atoms with E-state index in [1.807, 2.05) is 44.2 Å². The van der Waals surface area contributed by atoms with E-state index in [0.29, 0.717) is 5.03 Å². The van der Waals surface area contributed by atoms with E-state index >= 15 is 0 Å². The molecule has 3 aromatic rings. The predicted molar refractivity (Wildman–Crippen MR) is 110 cm³/mol. The molecule has 6 heteroatoms. The SMILES string of the molecule is Cc1cc(C(=O)CSc2cccc[n+]2[O-])c(C)n1CCc1ccc(Cl)cc1. The Kier molecular flexibility index (Phi) is 6.24. The largest absolute Gasteiger partial charge is 0.618 e. The minimum atomic E-state index is 0.0368. The van der Waals surface area contributed by atoms with Crippen LogP contribution in [0.2, 0.25) is 5.02 Å². The summed E-state index contributed by atoms with van der Waals surface area (Å²) in [5, 5.41) is 13.0. The predicted octanol–water partition coefficient (Wildman–Crippen LogP) is 4.61. The number of aryl methyl sites for hydroxylation is 2. The second-order valence-corrected chi connectivity index (χ2v) is 7.82. The first-order valence-corrected chi connectivity index (χ1v) is 10.1. The molecule has 0 amide bonds.